The summed E-state index contributed by atoms with van der Waals surface area (Å²) in [6.07, 6.45) is 0. The van der Waals surface area contributed by atoms with E-state index in [4.69, 9.17) is 17.3 Å². The van der Waals surface area contributed by atoms with Gasteiger partial charge in [-0.05, 0) is 49.2 Å². The number of rotatable bonds is 2. The molecule has 3 rings (SSSR count). The van der Waals surface area contributed by atoms with Gasteiger partial charge in [0, 0.05) is 48.1 Å². The fourth-order valence-corrected chi connectivity index (χ4v) is 3.28. The monoisotopic (exact) mass is 343 g/mol. The van der Waals surface area contributed by atoms with Gasteiger partial charge in [-0.15, -0.1) is 0 Å². The molecule has 0 spiro atoms. The van der Waals surface area contributed by atoms with E-state index in [0.717, 1.165) is 29.4 Å². The zero-order valence-electron chi connectivity index (χ0n) is 14.1. The first-order valence-electron chi connectivity index (χ1n) is 8.12. The van der Waals surface area contributed by atoms with Gasteiger partial charge in [0.25, 0.3) is 5.91 Å². The average Bonchev–Trinajstić information content (AvgIpc) is 2.59. The van der Waals surface area contributed by atoms with Crippen LogP contribution >= 0.6 is 11.6 Å². The Morgan fingerprint density at radius 2 is 1.67 bits per heavy atom. The Bertz CT molecular complexity index is 767. The predicted molar refractivity (Wildman–Crippen MR) is 99.9 cm³/mol. The highest BCUT2D eigenvalue weighted by atomic mass is 35.5. The van der Waals surface area contributed by atoms with E-state index in [1.165, 1.54) is 5.56 Å². The maximum Gasteiger partial charge on any atom is 0.254 e. The van der Waals surface area contributed by atoms with Crippen LogP contribution in [-0.4, -0.2) is 37.0 Å². The number of nitrogen functional groups attached to an aromatic ring is 1. The van der Waals surface area contributed by atoms with Crippen molar-refractivity contribution >= 4 is 28.9 Å². The van der Waals surface area contributed by atoms with Crippen molar-refractivity contribution < 1.29 is 4.79 Å². The number of anilines is 2. The van der Waals surface area contributed by atoms with E-state index in [1.807, 2.05) is 42.2 Å². The summed E-state index contributed by atoms with van der Waals surface area (Å²) in [5.41, 5.74) is 10.5. The van der Waals surface area contributed by atoms with Gasteiger partial charge in [-0.1, -0.05) is 23.7 Å². The van der Waals surface area contributed by atoms with E-state index in [1.54, 1.807) is 6.07 Å². The summed E-state index contributed by atoms with van der Waals surface area (Å²) < 4.78 is 0. The predicted octanol–water partition coefficient (Wildman–Crippen LogP) is 3.50. The summed E-state index contributed by atoms with van der Waals surface area (Å²) in [6.45, 7) is 7.01. The maximum atomic E-state index is 12.8. The molecule has 0 saturated carbocycles. The van der Waals surface area contributed by atoms with E-state index in [0.29, 0.717) is 24.3 Å². The third-order valence-electron chi connectivity index (χ3n) is 4.57. The zero-order chi connectivity index (χ0) is 17.3. The number of nitrogens with zero attached hydrogens (tertiary/aromatic N) is 2. The van der Waals surface area contributed by atoms with E-state index in [9.17, 15) is 4.79 Å². The van der Waals surface area contributed by atoms with Crippen molar-refractivity contribution in [3.63, 3.8) is 0 Å². The molecule has 1 heterocycles. The molecule has 126 valence electrons. The van der Waals surface area contributed by atoms with Crippen molar-refractivity contribution in [2.24, 2.45) is 0 Å². The summed E-state index contributed by atoms with van der Waals surface area (Å²) in [5.74, 6) is 0.0577. The number of amides is 1. The molecule has 1 aliphatic rings. The minimum absolute atomic E-state index is 0.0577. The summed E-state index contributed by atoms with van der Waals surface area (Å²) in [7, 11) is 0. The molecule has 1 fully saturated rings. The fourth-order valence-electron chi connectivity index (χ4n) is 3.11. The molecule has 0 radical (unpaired) electrons. The van der Waals surface area contributed by atoms with E-state index in [2.05, 4.69) is 11.8 Å². The highest BCUT2D eigenvalue weighted by Gasteiger charge is 2.24. The minimum Gasteiger partial charge on any atom is -0.399 e. The van der Waals surface area contributed by atoms with Crippen LogP contribution in [0.1, 0.15) is 21.5 Å². The molecular formula is C19H22ClN3O. The lowest BCUT2D eigenvalue weighted by Gasteiger charge is -2.37. The first-order valence-corrected chi connectivity index (χ1v) is 8.50. The molecule has 0 atom stereocenters. The molecular weight excluding hydrogens is 322 g/mol. The van der Waals surface area contributed by atoms with Crippen LogP contribution in [0.3, 0.4) is 0 Å². The second-order valence-corrected chi connectivity index (χ2v) is 6.72. The number of carbonyl (C=O) groups is 1. The van der Waals surface area contributed by atoms with Gasteiger partial charge in [0.1, 0.15) is 0 Å². The first-order chi connectivity index (χ1) is 11.5. The van der Waals surface area contributed by atoms with Crippen molar-refractivity contribution in [2.45, 2.75) is 13.8 Å². The second-order valence-electron chi connectivity index (χ2n) is 6.28. The summed E-state index contributed by atoms with van der Waals surface area (Å²) in [4.78, 5) is 17.0. The molecule has 1 saturated heterocycles. The maximum absolute atomic E-state index is 12.8. The highest BCUT2D eigenvalue weighted by Crippen LogP contribution is 2.26. The second kappa shape index (κ2) is 6.73. The Morgan fingerprint density at radius 3 is 2.38 bits per heavy atom. The highest BCUT2D eigenvalue weighted by molar-refractivity contribution is 6.30. The van der Waals surface area contributed by atoms with Crippen LogP contribution in [0, 0.1) is 13.8 Å². The summed E-state index contributed by atoms with van der Waals surface area (Å²) >= 11 is 6.12. The molecule has 0 bridgehead atoms. The van der Waals surface area contributed by atoms with Crippen molar-refractivity contribution in [2.75, 3.05) is 36.8 Å². The standard InChI is InChI=1S/C19H22ClN3O/c1-13-4-6-16(21)12-17(13)19(24)23-9-7-22(8-10-23)18-11-15(20)5-3-14(18)2/h3-6,11-12H,7-10,21H2,1-2H3. The number of piperazine rings is 1. The molecule has 1 aliphatic heterocycles. The first kappa shape index (κ1) is 16.7. The SMILES string of the molecule is Cc1ccc(N)cc1C(=O)N1CCN(c2cc(Cl)ccc2C)CC1. The van der Waals surface area contributed by atoms with Crippen molar-refractivity contribution in [1.82, 2.24) is 4.90 Å². The third kappa shape index (κ3) is 3.34. The van der Waals surface area contributed by atoms with Crippen LogP contribution < -0.4 is 10.6 Å². The summed E-state index contributed by atoms with van der Waals surface area (Å²) in [5, 5.41) is 0.740. The normalized spacial score (nSPS) is 14.8. The molecule has 2 aromatic carbocycles. The number of hydrogen-bond acceptors (Lipinski definition) is 3. The molecule has 2 N–H and O–H groups in total. The Balaban J connectivity index is 1.72. The Kier molecular flexibility index (Phi) is 4.67. The van der Waals surface area contributed by atoms with Crippen LogP contribution in [0.5, 0.6) is 0 Å². The molecule has 0 aromatic heterocycles. The average molecular weight is 344 g/mol. The van der Waals surface area contributed by atoms with Gasteiger partial charge in [-0.3, -0.25) is 4.79 Å². The largest absolute Gasteiger partial charge is 0.399 e. The van der Waals surface area contributed by atoms with Crippen LogP contribution in [0.15, 0.2) is 36.4 Å². The lowest BCUT2D eigenvalue weighted by molar-refractivity contribution is 0.0746. The lowest BCUT2D eigenvalue weighted by Crippen LogP contribution is -2.49. The van der Waals surface area contributed by atoms with Crippen molar-refractivity contribution in [1.29, 1.82) is 0 Å². The van der Waals surface area contributed by atoms with Gasteiger partial charge in [0.05, 0.1) is 0 Å². The number of aryl methyl sites for hydroxylation is 2. The quantitative estimate of drug-likeness (QED) is 0.849. The van der Waals surface area contributed by atoms with Crippen molar-refractivity contribution in [3.05, 3.63) is 58.1 Å². The van der Waals surface area contributed by atoms with E-state index >= 15 is 0 Å². The number of nitrogens with two attached hydrogens (primary N) is 1. The van der Waals surface area contributed by atoms with Crippen LogP contribution in [0.25, 0.3) is 0 Å². The Labute approximate surface area is 147 Å². The lowest BCUT2D eigenvalue weighted by atomic mass is 10.1. The third-order valence-corrected chi connectivity index (χ3v) is 4.81. The van der Waals surface area contributed by atoms with Crippen LogP contribution in [0.4, 0.5) is 11.4 Å². The number of hydrogen-bond donors (Lipinski definition) is 1. The molecule has 0 unspecified atom stereocenters. The Hall–Kier alpha value is -2.20. The van der Waals surface area contributed by atoms with Gasteiger partial charge in [-0.25, -0.2) is 0 Å². The molecule has 2 aromatic rings. The Morgan fingerprint density at radius 1 is 1.00 bits per heavy atom. The van der Waals surface area contributed by atoms with Gasteiger partial charge < -0.3 is 15.5 Å². The van der Waals surface area contributed by atoms with Crippen LogP contribution in [-0.2, 0) is 0 Å². The van der Waals surface area contributed by atoms with Gasteiger partial charge in [0.2, 0.25) is 0 Å². The molecule has 24 heavy (non-hydrogen) atoms. The smallest absolute Gasteiger partial charge is 0.254 e. The van der Waals surface area contributed by atoms with Gasteiger partial charge >= 0.3 is 0 Å². The van der Waals surface area contributed by atoms with Crippen LogP contribution in [0.2, 0.25) is 5.02 Å². The van der Waals surface area contributed by atoms with E-state index < -0.39 is 0 Å². The topological polar surface area (TPSA) is 49.6 Å². The summed E-state index contributed by atoms with van der Waals surface area (Å²) in [6, 6.07) is 11.4. The van der Waals surface area contributed by atoms with Gasteiger partial charge in [-0.2, -0.15) is 0 Å². The van der Waals surface area contributed by atoms with Gasteiger partial charge in [0.15, 0.2) is 0 Å². The number of carbonyl (C=O) groups excluding carboxylic acids is 1. The number of benzene rings is 2. The zero-order valence-corrected chi connectivity index (χ0v) is 14.8. The van der Waals surface area contributed by atoms with Crippen molar-refractivity contribution in [3.8, 4) is 0 Å². The molecule has 0 aliphatic carbocycles. The number of halogens is 1. The molecule has 1 amide bonds. The van der Waals surface area contributed by atoms with E-state index in [-0.39, 0.29) is 5.91 Å². The fraction of sp³-hybridized carbons (Fsp3) is 0.316. The molecule has 4 nitrogen and oxygen atoms in total. The molecule has 5 heteroatoms. The minimum atomic E-state index is 0.0577.